The molecular formula is C9H18N2O2. The Morgan fingerprint density at radius 1 is 1.69 bits per heavy atom. The summed E-state index contributed by atoms with van der Waals surface area (Å²) in [7, 11) is 1.42. The Labute approximate surface area is 78.8 Å². The molecule has 0 saturated carbocycles. The lowest BCUT2D eigenvalue weighted by Crippen LogP contribution is -2.46. The van der Waals surface area contributed by atoms with Gasteiger partial charge in [0, 0.05) is 19.0 Å². The predicted octanol–water partition coefficient (Wildman–Crippen LogP) is -0.124. The zero-order valence-electron chi connectivity index (χ0n) is 8.08. The second-order valence-electron chi connectivity index (χ2n) is 3.53. The molecule has 0 amide bonds. The largest absolute Gasteiger partial charge is 0.469 e. The van der Waals surface area contributed by atoms with E-state index in [1.807, 2.05) is 0 Å². The molecule has 1 aliphatic rings. The van der Waals surface area contributed by atoms with Gasteiger partial charge in [0.25, 0.3) is 0 Å². The summed E-state index contributed by atoms with van der Waals surface area (Å²) >= 11 is 0. The first-order chi connectivity index (χ1) is 6.24. The van der Waals surface area contributed by atoms with Gasteiger partial charge in [0.1, 0.15) is 0 Å². The van der Waals surface area contributed by atoms with Gasteiger partial charge in [0.2, 0.25) is 0 Å². The molecule has 76 valence electrons. The lowest BCUT2D eigenvalue weighted by molar-refractivity contribution is -0.141. The van der Waals surface area contributed by atoms with Crippen LogP contribution in [-0.4, -0.2) is 32.2 Å². The minimum Gasteiger partial charge on any atom is -0.469 e. The van der Waals surface area contributed by atoms with Gasteiger partial charge in [-0.25, -0.2) is 0 Å². The smallest absolute Gasteiger partial charge is 0.305 e. The van der Waals surface area contributed by atoms with Gasteiger partial charge in [0.05, 0.1) is 7.11 Å². The van der Waals surface area contributed by atoms with Crippen molar-refractivity contribution < 1.29 is 9.53 Å². The maximum atomic E-state index is 10.9. The van der Waals surface area contributed by atoms with Crippen LogP contribution >= 0.6 is 0 Å². The van der Waals surface area contributed by atoms with E-state index in [1.165, 1.54) is 7.11 Å². The molecule has 2 atom stereocenters. The van der Waals surface area contributed by atoms with Crippen LogP contribution in [0.5, 0.6) is 0 Å². The van der Waals surface area contributed by atoms with Crippen molar-refractivity contribution in [2.45, 2.75) is 25.3 Å². The third-order valence-electron chi connectivity index (χ3n) is 2.62. The fourth-order valence-electron chi connectivity index (χ4n) is 1.70. The molecule has 13 heavy (non-hydrogen) atoms. The highest BCUT2D eigenvalue weighted by molar-refractivity contribution is 5.69. The standard InChI is InChI=1S/C9H18N2O2/c1-13-9(12)3-2-7-4-5-11-6-8(7)10/h7-8,11H,2-6,10H2,1H3. The van der Waals surface area contributed by atoms with E-state index in [0.29, 0.717) is 12.3 Å². The maximum Gasteiger partial charge on any atom is 0.305 e. The Hall–Kier alpha value is -0.610. The first-order valence-corrected chi connectivity index (χ1v) is 4.77. The van der Waals surface area contributed by atoms with Crippen LogP contribution in [0.25, 0.3) is 0 Å². The normalized spacial score (nSPS) is 28.5. The molecule has 0 aromatic rings. The van der Waals surface area contributed by atoms with Crippen molar-refractivity contribution in [3.05, 3.63) is 0 Å². The number of nitrogens with one attached hydrogen (secondary N) is 1. The Kier molecular flexibility index (Phi) is 4.18. The van der Waals surface area contributed by atoms with Crippen LogP contribution in [0, 0.1) is 5.92 Å². The van der Waals surface area contributed by atoms with E-state index >= 15 is 0 Å². The molecule has 0 radical (unpaired) electrons. The van der Waals surface area contributed by atoms with Crippen molar-refractivity contribution in [1.82, 2.24) is 5.32 Å². The number of esters is 1. The number of hydrogen-bond acceptors (Lipinski definition) is 4. The topological polar surface area (TPSA) is 64.3 Å². The summed E-state index contributed by atoms with van der Waals surface area (Å²) in [5, 5.41) is 3.22. The quantitative estimate of drug-likeness (QED) is 0.603. The third-order valence-corrected chi connectivity index (χ3v) is 2.62. The van der Waals surface area contributed by atoms with Gasteiger partial charge in [-0.05, 0) is 25.3 Å². The van der Waals surface area contributed by atoms with Gasteiger partial charge in [-0.3, -0.25) is 4.79 Å². The number of methoxy groups -OCH3 is 1. The fraction of sp³-hybridized carbons (Fsp3) is 0.889. The van der Waals surface area contributed by atoms with Crippen molar-refractivity contribution >= 4 is 5.97 Å². The summed E-state index contributed by atoms with van der Waals surface area (Å²) in [6.07, 6.45) is 2.42. The lowest BCUT2D eigenvalue weighted by atomic mass is 9.89. The van der Waals surface area contributed by atoms with Crippen LogP contribution in [0.2, 0.25) is 0 Å². The van der Waals surface area contributed by atoms with Crippen LogP contribution < -0.4 is 11.1 Å². The predicted molar refractivity (Wildman–Crippen MR) is 50.2 cm³/mol. The molecule has 1 saturated heterocycles. The van der Waals surface area contributed by atoms with Gasteiger partial charge < -0.3 is 15.8 Å². The van der Waals surface area contributed by atoms with Gasteiger partial charge >= 0.3 is 5.97 Å². The van der Waals surface area contributed by atoms with Crippen molar-refractivity contribution in [3.8, 4) is 0 Å². The summed E-state index contributed by atoms with van der Waals surface area (Å²) in [5.74, 6) is 0.339. The second kappa shape index (κ2) is 5.19. The summed E-state index contributed by atoms with van der Waals surface area (Å²) in [6, 6.07) is 0.193. The first kappa shape index (κ1) is 10.5. The maximum absolute atomic E-state index is 10.9. The average molecular weight is 186 g/mol. The number of carbonyl (C=O) groups excluding carboxylic acids is 1. The lowest BCUT2D eigenvalue weighted by Gasteiger charge is -2.28. The van der Waals surface area contributed by atoms with Gasteiger partial charge in [-0.1, -0.05) is 0 Å². The molecule has 0 aliphatic carbocycles. The Morgan fingerprint density at radius 2 is 2.46 bits per heavy atom. The molecule has 4 heteroatoms. The van der Waals surface area contributed by atoms with Gasteiger partial charge in [0.15, 0.2) is 0 Å². The average Bonchev–Trinajstić information content (AvgIpc) is 2.16. The molecule has 1 rings (SSSR count). The monoisotopic (exact) mass is 186 g/mol. The number of nitrogens with two attached hydrogens (primary N) is 1. The Morgan fingerprint density at radius 3 is 3.08 bits per heavy atom. The molecular weight excluding hydrogens is 168 g/mol. The number of rotatable bonds is 3. The first-order valence-electron chi connectivity index (χ1n) is 4.77. The molecule has 0 aromatic carbocycles. The van der Waals surface area contributed by atoms with Gasteiger partial charge in [-0.2, -0.15) is 0 Å². The summed E-state index contributed by atoms with van der Waals surface area (Å²) in [4.78, 5) is 10.9. The Balaban J connectivity index is 2.22. The molecule has 0 aromatic heterocycles. The SMILES string of the molecule is COC(=O)CCC1CCNCC1N. The van der Waals surface area contributed by atoms with E-state index in [-0.39, 0.29) is 12.0 Å². The number of hydrogen-bond donors (Lipinski definition) is 2. The molecule has 1 fully saturated rings. The summed E-state index contributed by atoms with van der Waals surface area (Å²) < 4.78 is 4.58. The minimum atomic E-state index is -0.134. The number of carbonyl (C=O) groups is 1. The van der Waals surface area contributed by atoms with Crippen LogP contribution in [-0.2, 0) is 9.53 Å². The van der Waals surface area contributed by atoms with Crippen molar-refractivity contribution in [2.75, 3.05) is 20.2 Å². The van der Waals surface area contributed by atoms with Crippen molar-refractivity contribution in [3.63, 3.8) is 0 Å². The van der Waals surface area contributed by atoms with E-state index in [0.717, 1.165) is 25.9 Å². The molecule has 1 heterocycles. The molecule has 4 nitrogen and oxygen atoms in total. The number of piperidine rings is 1. The zero-order valence-corrected chi connectivity index (χ0v) is 8.08. The molecule has 3 N–H and O–H groups in total. The highest BCUT2D eigenvalue weighted by Crippen LogP contribution is 2.17. The molecule has 2 unspecified atom stereocenters. The van der Waals surface area contributed by atoms with Crippen molar-refractivity contribution in [1.29, 1.82) is 0 Å². The summed E-state index contributed by atoms with van der Waals surface area (Å²) in [5.41, 5.74) is 5.89. The molecule has 0 spiro atoms. The number of ether oxygens (including phenoxy) is 1. The minimum absolute atomic E-state index is 0.134. The van der Waals surface area contributed by atoms with Crippen LogP contribution in [0.4, 0.5) is 0 Å². The Bertz CT molecular complexity index is 173. The molecule has 0 bridgehead atoms. The molecule has 1 aliphatic heterocycles. The van der Waals surface area contributed by atoms with E-state index in [2.05, 4.69) is 10.1 Å². The van der Waals surface area contributed by atoms with Gasteiger partial charge in [-0.15, -0.1) is 0 Å². The highest BCUT2D eigenvalue weighted by atomic mass is 16.5. The highest BCUT2D eigenvalue weighted by Gasteiger charge is 2.21. The zero-order chi connectivity index (χ0) is 9.68. The third kappa shape index (κ3) is 3.32. The summed E-state index contributed by atoms with van der Waals surface area (Å²) in [6.45, 7) is 1.88. The van der Waals surface area contributed by atoms with E-state index < -0.39 is 0 Å². The van der Waals surface area contributed by atoms with Crippen LogP contribution in [0.15, 0.2) is 0 Å². The van der Waals surface area contributed by atoms with E-state index in [1.54, 1.807) is 0 Å². The second-order valence-corrected chi connectivity index (χ2v) is 3.53. The van der Waals surface area contributed by atoms with Crippen molar-refractivity contribution in [2.24, 2.45) is 11.7 Å². The van der Waals surface area contributed by atoms with Crippen LogP contribution in [0.3, 0.4) is 0 Å². The van der Waals surface area contributed by atoms with Crippen LogP contribution in [0.1, 0.15) is 19.3 Å². The van der Waals surface area contributed by atoms with E-state index in [4.69, 9.17) is 5.73 Å². The van der Waals surface area contributed by atoms with E-state index in [9.17, 15) is 4.79 Å². The fourth-order valence-corrected chi connectivity index (χ4v) is 1.70.